The summed E-state index contributed by atoms with van der Waals surface area (Å²) in [6.07, 6.45) is 1.56. The summed E-state index contributed by atoms with van der Waals surface area (Å²) >= 11 is 0. The Kier molecular flexibility index (Phi) is 9.71. The van der Waals surface area contributed by atoms with E-state index in [4.69, 9.17) is 18.9 Å². The highest BCUT2D eigenvalue weighted by Crippen LogP contribution is 2.34. The predicted octanol–water partition coefficient (Wildman–Crippen LogP) is 3.59. The van der Waals surface area contributed by atoms with Gasteiger partial charge in [-0.05, 0) is 42.2 Å². The molecule has 0 amide bonds. The van der Waals surface area contributed by atoms with Crippen molar-refractivity contribution in [3.8, 4) is 11.5 Å². The topological polar surface area (TPSA) is 116 Å². The Hall–Kier alpha value is -3.82. The summed E-state index contributed by atoms with van der Waals surface area (Å²) in [4.78, 5) is 23.6. The number of carboxylic acid groups (broad SMARTS) is 1. The summed E-state index contributed by atoms with van der Waals surface area (Å²) in [5.74, 6) is -0.578. The Balaban J connectivity index is 1.92. The van der Waals surface area contributed by atoms with Crippen LogP contribution in [0.1, 0.15) is 38.7 Å². The van der Waals surface area contributed by atoms with Gasteiger partial charge in [0.2, 0.25) is 0 Å². The molecule has 198 valence electrons. The van der Waals surface area contributed by atoms with E-state index in [1.54, 1.807) is 37.1 Å². The van der Waals surface area contributed by atoms with Gasteiger partial charge < -0.3 is 33.7 Å². The molecule has 9 heteroatoms. The van der Waals surface area contributed by atoms with Gasteiger partial charge in [-0.25, -0.2) is 4.79 Å². The molecule has 0 saturated carbocycles. The number of aromatic nitrogens is 1. The van der Waals surface area contributed by atoms with Crippen molar-refractivity contribution in [3.63, 3.8) is 0 Å². The molecule has 1 aromatic heterocycles. The van der Waals surface area contributed by atoms with Crippen LogP contribution in [0.2, 0.25) is 0 Å². The number of methoxy groups -OCH3 is 3. The lowest BCUT2D eigenvalue weighted by molar-refractivity contribution is -0.136. The molecule has 0 radical (unpaired) electrons. The zero-order valence-electron chi connectivity index (χ0n) is 21.5. The third-order valence-corrected chi connectivity index (χ3v) is 6.13. The van der Waals surface area contributed by atoms with Gasteiger partial charge in [-0.3, -0.25) is 4.79 Å². The number of ether oxygens (including phenoxy) is 4. The van der Waals surface area contributed by atoms with Crippen molar-refractivity contribution in [2.24, 2.45) is 0 Å². The lowest BCUT2D eigenvalue weighted by Gasteiger charge is -2.25. The number of aliphatic hydroxyl groups excluding tert-OH is 1. The summed E-state index contributed by atoms with van der Waals surface area (Å²) in [7, 11) is 4.33. The van der Waals surface area contributed by atoms with Gasteiger partial charge in [0.1, 0.15) is 23.7 Å². The van der Waals surface area contributed by atoms with Gasteiger partial charge in [-0.2, -0.15) is 0 Å². The van der Waals surface area contributed by atoms with Crippen LogP contribution >= 0.6 is 0 Å². The van der Waals surface area contributed by atoms with Gasteiger partial charge in [0.15, 0.2) is 0 Å². The average molecular weight is 512 g/mol. The second-order valence-corrected chi connectivity index (χ2v) is 8.60. The Morgan fingerprint density at radius 1 is 1.00 bits per heavy atom. The van der Waals surface area contributed by atoms with E-state index >= 15 is 0 Å². The fraction of sp³-hybridized carbons (Fsp3) is 0.357. The van der Waals surface area contributed by atoms with Gasteiger partial charge in [0, 0.05) is 18.0 Å². The summed E-state index contributed by atoms with van der Waals surface area (Å²) in [5, 5.41) is 20.7. The van der Waals surface area contributed by atoms with Crippen LogP contribution in [0.3, 0.4) is 0 Å². The van der Waals surface area contributed by atoms with E-state index in [-0.39, 0.29) is 18.5 Å². The first-order valence-electron chi connectivity index (χ1n) is 11.8. The summed E-state index contributed by atoms with van der Waals surface area (Å²) in [5.41, 5.74) is 2.90. The van der Waals surface area contributed by atoms with Crippen LogP contribution in [0.5, 0.6) is 11.5 Å². The van der Waals surface area contributed by atoms with Crippen LogP contribution < -0.4 is 9.47 Å². The molecule has 9 nitrogen and oxygen atoms in total. The van der Waals surface area contributed by atoms with Gasteiger partial charge in [0.25, 0.3) is 0 Å². The Bertz CT molecular complexity index is 1180. The number of carbonyl (C=O) groups is 2. The van der Waals surface area contributed by atoms with Crippen molar-refractivity contribution in [1.82, 2.24) is 4.57 Å². The van der Waals surface area contributed by atoms with E-state index in [2.05, 4.69) is 0 Å². The molecule has 0 fully saturated rings. The zero-order valence-corrected chi connectivity index (χ0v) is 21.5. The maximum atomic E-state index is 12.2. The normalized spacial score (nSPS) is 12.6. The van der Waals surface area contributed by atoms with E-state index in [0.29, 0.717) is 35.7 Å². The molecule has 3 aromatic rings. The van der Waals surface area contributed by atoms with Crippen LogP contribution in [0.25, 0.3) is 0 Å². The summed E-state index contributed by atoms with van der Waals surface area (Å²) in [6.45, 7) is 2.34. The number of aliphatic carboxylic acids is 1. The Morgan fingerprint density at radius 2 is 1.65 bits per heavy atom. The maximum absolute atomic E-state index is 12.2. The Morgan fingerprint density at radius 3 is 2.22 bits per heavy atom. The first-order valence-corrected chi connectivity index (χ1v) is 11.8. The lowest BCUT2D eigenvalue weighted by Crippen LogP contribution is -2.28. The van der Waals surface area contributed by atoms with E-state index in [0.717, 1.165) is 11.1 Å². The van der Waals surface area contributed by atoms with Crippen molar-refractivity contribution in [3.05, 3.63) is 82.7 Å². The molecule has 0 aliphatic rings. The molecule has 3 rings (SSSR count). The largest absolute Gasteiger partial charge is 0.496 e. The quantitative estimate of drug-likeness (QED) is 0.335. The van der Waals surface area contributed by atoms with E-state index in [1.165, 1.54) is 13.3 Å². The van der Waals surface area contributed by atoms with E-state index in [1.807, 2.05) is 37.3 Å². The van der Waals surface area contributed by atoms with Gasteiger partial charge >= 0.3 is 11.9 Å². The second-order valence-electron chi connectivity index (χ2n) is 8.60. The number of aliphatic hydroxyl groups is 1. The van der Waals surface area contributed by atoms with Gasteiger partial charge in [0.05, 0.1) is 46.5 Å². The number of rotatable bonds is 13. The predicted molar refractivity (Wildman–Crippen MR) is 136 cm³/mol. The van der Waals surface area contributed by atoms with Crippen molar-refractivity contribution in [1.29, 1.82) is 0 Å². The summed E-state index contributed by atoms with van der Waals surface area (Å²) in [6, 6.07) is 13.3. The minimum absolute atomic E-state index is 0.151. The number of hydrogen-bond donors (Lipinski definition) is 2. The SMILES string of the molecule is COC(=O)c1cn(C[C@H](OCCc2ccccc2)[C@@H](O)c2cc(OC)c(C)c(OC)c2)cc1CC(=O)O. The smallest absolute Gasteiger partial charge is 0.339 e. The van der Waals surface area contributed by atoms with Crippen molar-refractivity contribution < 1.29 is 38.7 Å². The fourth-order valence-corrected chi connectivity index (χ4v) is 4.17. The molecule has 0 aliphatic carbocycles. The molecule has 0 bridgehead atoms. The average Bonchev–Trinajstić information content (AvgIpc) is 3.29. The van der Waals surface area contributed by atoms with Crippen molar-refractivity contribution >= 4 is 11.9 Å². The molecule has 0 spiro atoms. The molecule has 2 N–H and O–H groups in total. The van der Waals surface area contributed by atoms with Crippen LogP contribution in [-0.4, -0.2) is 60.8 Å². The van der Waals surface area contributed by atoms with Crippen molar-refractivity contribution in [2.45, 2.75) is 38.5 Å². The summed E-state index contributed by atoms with van der Waals surface area (Å²) < 4.78 is 23.6. The van der Waals surface area contributed by atoms with Crippen LogP contribution in [-0.2, 0) is 33.7 Å². The second kappa shape index (κ2) is 12.9. The third-order valence-electron chi connectivity index (χ3n) is 6.13. The van der Waals surface area contributed by atoms with E-state index in [9.17, 15) is 19.8 Å². The minimum atomic E-state index is -1.08. The van der Waals surface area contributed by atoms with Crippen LogP contribution in [0, 0.1) is 6.92 Å². The monoisotopic (exact) mass is 511 g/mol. The first kappa shape index (κ1) is 27.8. The number of nitrogens with zero attached hydrogens (tertiary/aromatic N) is 1. The zero-order chi connectivity index (χ0) is 26.9. The number of carboxylic acids is 1. The molecule has 37 heavy (non-hydrogen) atoms. The maximum Gasteiger partial charge on any atom is 0.339 e. The Labute approximate surface area is 216 Å². The first-order chi connectivity index (χ1) is 17.8. The minimum Gasteiger partial charge on any atom is -0.496 e. The molecular weight excluding hydrogens is 478 g/mol. The van der Waals surface area contributed by atoms with Gasteiger partial charge in [-0.15, -0.1) is 0 Å². The highest BCUT2D eigenvalue weighted by Gasteiger charge is 2.26. The molecule has 0 saturated heterocycles. The highest BCUT2D eigenvalue weighted by atomic mass is 16.5. The van der Waals surface area contributed by atoms with Crippen LogP contribution in [0.4, 0.5) is 0 Å². The molecular formula is C28H33NO8. The number of carbonyl (C=O) groups excluding carboxylic acids is 1. The molecule has 2 aromatic carbocycles. The fourth-order valence-electron chi connectivity index (χ4n) is 4.17. The lowest BCUT2D eigenvalue weighted by atomic mass is 10.0. The number of benzene rings is 2. The molecule has 0 unspecified atom stereocenters. The van der Waals surface area contributed by atoms with Crippen LogP contribution in [0.15, 0.2) is 54.9 Å². The van der Waals surface area contributed by atoms with Crippen molar-refractivity contribution in [2.75, 3.05) is 27.9 Å². The third kappa shape index (κ3) is 7.12. The number of hydrogen-bond acceptors (Lipinski definition) is 7. The molecule has 0 aliphatic heterocycles. The highest BCUT2D eigenvalue weighted by molar-refractivity contribution is 5.92. The standard InChI is InChI=1S/C28H33NO8/c1-18-23(34-2)12-20(13-24(18)35-3)27(32)25(37-11-10-19-8-6-5-7-9-19)17-29-15-21(14-26(30)31)22(16-29)28(33)36-4/h5-9,12-13,15-16,25,27,32H,10-11,14,17H2,1-4H3,(H,30,31)/t25-,27-/m0/s1. The van der Waals surface area contributed by atoms with E-state index < -0.39 is 24.1 Å². The molecule has 1 heterocycles. The number of esters is 1. The molecule has 2 atom stereocenters. The van der Waals surface area contributed by atoms with Gasteiger partial charge in [-0.1, -0.05) is 30.3 Å².